The van der Waals surface area contributed by atoms with Crippen molar-refractivity contribution in [3.63, 3.8) is 0 Å². The lowest BCUT2D eigenvalue weighted by Gasteiger charge is -2.15. The van der Waals surface area contributed by atoms with Gasteiger partial charge in [-0.3, -0.25) is 9.48 Å². The number of hydrogen-bond donors (Lipinski definition) is 0. The van der Waals surface area contributed by atoms with E-state index in [1.54, 1.807) is 30.1 Å². The first-order chi connectivity index (χ1) is 11.0. The zero-order valence-corrected chi connectivity index (χ0v) is 13.2. The van der Waals surface area contributed by atoms with Gasteiger partial charge in [-0.05, 0) is 30.5 Å². The van der Waals surface area contributed by atoms with E-state index in [0.29, 0.717) is 17.3 Å². The topological polar surface area (TPSA) is 97.1 Å². The van der Waals surface area contributed by atoms with Crippen molar-refractivity contribution in [2.45, 2.75) is 19.9 Å². The van der Waals surface area contributed by atoms with Gasteiger partial charge in [0.05, 0.1) is 25.3 Å². The Hall–Kier alpha value is -2.41. The van der Waals surface area contributed by atoms with E-state index in [2.05, 4.69) is 10.1 Å². The SMILES string of the molecule is CCOC(=O)C(Cc1cnn(Cc2ccc(Cl)nc2)c1)C(=O)[O-]. The number of nitrogens with zero attached hydrogens (tertiary/aromatic N) is 3. The summed E-state index contributed by atoms with van der Waals surface area (Å²) in [5.74, 6) is -3.61. The van der Waals surface area contributed by atoms with Gasteiger partial charge in [-0.2, -0.15) is 5.10 Å². The lowest BCUT2D eigenvalue weighted by atomic mass is 10.0. The van der Waals surface area contributed by atoms with Gasteiger partial charge in [-0.25, -0.2) is 4.98 Å². The number of rotatable bonds is 7. The minimum atomic E-state index is -1.46. The molecule has 0 aliphatic carbocycles. The predicted molar refractivity (Wildman–Crippen MR) is 79.4 cm³/mol. The fraction of sp³-hybridized carbons (Fsp3) is 0.333. The summed E-state index contributed by atoms with van der Waals surface area (Å²) in [4.78, 5) is 26.7. The molecule has 0 spiro atoms. The van der Waals surface area contributed by atoms with Gasteiger partial charge in [0.1, 0.15) is 11.1 Å². The summed E-state index contributed by atoms with van der Waals surface area (Å²) in [7, 11) is 0. The van der Waals surface area contributed by atoms with E-state index in [1.165, 1.54) is 6.20 Å². The first kappa shape index (κ1) is 17.0. The highest BCUT2D eigenvalue weighted by Gasteiger charge is 2.22. The Morgan fingerprint density at radius 3 is 2.74 bits per heavy atom. The van der Waals surface area contributed by atoms with Gasteiger partial charge in [-0.15, -0.1) is 0 Å². The first-order valence-corrected chi connectivity index (χ1v) is 7.36. The van der Waals surface area contributed by atoms with E-state index >= 15 is 0 Å². The van der Waals surface area contributed by atoms with Crippen molar-refractivity contribution in [2.75, 3.05) is 6.61 Å². The van der Waals surface area contributed by atoms with E-state index in [0.717, 1.165) is 5.56 Å². The van der Waals surface area contributed by atoms with Crippen molar-refractivity contribution in [1.29, 1.82) is 0 Å². The molecule has 7 nitrogen and oxygen atoms in total. The number of carboxylic acid groups (broad SMARTS) is 1. The molecule has 0 aliphatic heterocycles. The highest BCUT2D eigenvalue weighted by atomic mass is 35.5. The number of ether oxygens (including phenoxy) is 1. The molecule has 0 aromatic carbocycles. The molecule has 23 heavy (non-hydrogen) atoms. The molecule has 0 amide bonds. The van der Waals surface area contributed by atoms with Gasteiger partial charge in [0.15, 0.2) is 0 Å². The molecule has 0 N–H and O–H groups in total. The normalized spacial score (nSPS) is 11.9. The number of pyridine rings is 1. The third kappa shape index (κ3) is 4.79. The summed E-state index contributed by atoms with van der Waals surface area (Å²) < 4.78 is 6.37. The van der Waals surface area contributed by atoms with Crippen LogP contribution >= 0.6 is 11.6 Å². The number of aromatic nitrogens is 3. The molecule has 0 saturated heterocycles. The smallest absolute Gasteiger partial charge is 0.314 e. The Bertz CT molecular complexity index is 684. The monoisotopic (exact) mass is 336 g/mol. The molecule has 8 heteroatoms. The Kier molecular flexibility index (Phi) is 5.70. The second-order valence-electron chi connectivity index (χ2n) is 4.86. The third-order valence-corrected chi connectivity index (χ3v) is 3.34. The summed E-state index contributed by atoms with van der Waals surface area (Å²) in [5, 5.41) is 15.6. The Morgan fingerprint density at radius 2 is 2.13 bits per heavy atom. The molecule has 2 aromatic heterocycles. The van der Waals surface area contributed by atoms with Crippen LogP contribution in [0, 0.1) is 5.92 Å². The van der Waals surface area contributed by atoms with Crippen LogP contribution in [0.5, 0.6) is 0 Å². The lowest BCUT2D eigenvalue weighted by Crippen LogP contribution is -2.38. The summed E-state index contributed by atoms with van der Waals surface area (Å²) in [6, 6.07) is 3.49. The zero-order chi connectivity index (χ0) is 16.8. The number of esters is 1. The van der Waals surface area contributed by atoms with Gasteiger partial charge in [0, 0.05) is 12.4 Å². The van der Waals surface area contributed by atoms with E-state index in [1.807, 2.05) is 6.07 Å². The van der Waals surface area contributed by atoms with E-state index in [-0.39, 0.29) is 13.0 Å². The minimum Gasteiger partial charge on any atom is -0.549 e. The van der Waals surface area contributed by atoms with Crippen LogP contribution in [0.3, 0.4) is 0 Å². The lowest BCUT2D eigenvalue weighted by molar-refractivity contribution is -0.310. The van der Waals surface area contributed by atoms with Crippen molar-refractivity contribution in [1.82, 2.24) is 14.8 Å². The summed E-state index contributed by atoms with van der Waals surface area (Å²) in [5.41, 5.74) is 1.50. The Morgan fingerprint density at radius 1 is 1.35 bits per heavy atom. The van der Waals surface area contributed by atoms with E-state index in [9.17, 15) is 14.7 Å². The molecule has 2 aromatic rings. The average Bonchev–Trinajstić information content (AvgIpc) is 2.94. The van der Waals surface area contributed by atoms with Crippen LogP contribution in [0.25, 0.3) is 0 Å². The van der Waals surface area contributed by atoms with E-state index < -0.39 is 17.9 Å². The Labute approximate surface area is 137 Å². The molecule has 1 atom stereocenters. The second kappa shape index (κ2) is 7.73. The summed E-state index contributed by atoms with van der Waals surface area (Å²) in [6.45, 7) is 2.19. The first-order valence-electron chi connectivity index (χ1n) is 6.99. The highest BCUT2D eigenvalue weighted by molar-refractivity contribution is 6.29. The largest absolute Gasteiger partial charge is 0.549 e. The maximum atomic E-state index is 11.6. The standard InChI is InChI=1S/C15H16ClN3O4/c1-2-23-15(22)12(14(20)21)5-11-7-18-19(9-11)8-10-3-4-13(16)17-6-10/h3-4,6-7,9,12H,2,5,8H2,1H3,(H,20,21)/p-1. The van der Waals surface area contributed by atoms with Crippen molar-refractivity contribution >= 4 is 23.5 Å². The second-order valence-corrected chi connectivity index (χ2v) is 5.25. The molecular formula is C15H15ClN3O4-. The van der Waals surface area contributed by atoms with Gasteiger partial charge in [0.25, 0.3) is 0 Å². The molecule has 0 fully saturated rings. The van der Waals surface area contributed by atoms with Crippen LogP contribution < -0.4 is 5.11 Å². The van der Waals surface area contributed by atoms with Crippen LogP contribution in [-0.2, 0) is 27.3 Å². The van der Waals surface area contributed by atoms with Gasteiger partial charge < -0.3 is 14.6 Å². The third-order valence-electron chi connectivity index (χ3n) is 3.12. The molecule has 1 unspecified atom stereocenters. The van der Waals surface area contributed by atoms with Crippen molar-refractivity contribution < 1.29 is 19.4 Å². The minimum absolute atomic E-state index is 0.0277. The van der Waals surface area contributed by atoms with Gasteiger partial charge in [0.2, 0.25) is 0 Å². The molecule has 0 saturated carbocycles. The number of carbonyl (C=O) groups excluding carboxylic acids is 2. The van der Waals surface area contributed by atoms with Crippen LogP contribution in [0.4, 0.5) is 0 Å². The van der Waals surface area contributed by atoms with Crippen molar-refractivity contribution in [2.24, 2.45) is 5.92 Å². The molecular weight excluding hydrogens is 322 g/mol. The number of halogens is 1. The van der Waals surface area contributed by atoms with Gasteiger partial charge >= 0.3 is 5.97 Å². The number of carboxylic acids is 1. The maximum Gasteiger partial charge on any atom is 0.314 e. The predicted octanol–water partition coefficient (Wildman–Crippen LogP) is 0.451. The van der Waals surface area contributed by atoms with Crippen LogP contribution in [0.15, 0.2) is 30.7 Å². The average molecular weight is 337 g/mol. The molecule has 0 bridgehead atoms. The highest BCUT2D eigenvalue weighted by Crippen LogP contribution is 2.12. The molecule has 2 heterocycles. The van der Waals surface area contributed by atoms with Gasteiger partial charge in [-0.1, -0.05) is 17.7 Å². The van der Waals surface area contributed by atoms with Crippen LogP contribution in [0.1, 0.15) is 18.1 Å². The molecule has 122 valence electrons. The van der Waals surface area contributed by atoms with E-state index in [4.69, 9.17) is 16.3 Å². The maximum absolute atomic E-state index is 11.6. The van der Waals surface area contributed by atoms with Crippen LogP contribution in [0.2, 0.25) is 5.15 Å². The van der Waals surface area contributed by atoms with Crippen molar-refractivity contribution in [3.05, 3.63) is 47.0 Å². The molecule has 0 aliphatic rings. The fourth-order valence-electron chi connectivity index (χ4n) is 2.03. The zero-order valence-electron chi connectivity index (χ0n) is 12.4. The summed E-state index contributed by atoms with van der Waals surface area (Å²) in [6.07, 6.45) is 4.79. The quantitative estimate of drug-likeness (QED) is 0.414. The van der Waals surface area contributed by atoms with Crippen LogP contribution in [-0.4, -0.2) is 33.3 Å². The fourth-order valence-corrected chi connectivity index (χ4v) is 2.14. The number of aliphatic carboxylic acids is 1. The Balaban J connectivity index is 2.04. The number of carbonyl (C=O) groups is 2. The molecule has 0 radical (unpaired) electrons. The number of hydrogen-bond acceptors (Lipinski definition) is 6. The van der Waals surface area contributed by atoms with Crippen molar-refractivity contribution in [3.8, 4) is 0 Å². The summed E-state index contributed by atoms with van der Waals surface area (Å²) >= 11 is 5.72. The molecule has 2 rings (SSSR count).